The number of hydrogen-bond acceptors (Lipinski definition) is 3. The molecule has 0 aromatic rings. The summed E-state index contributed by atoms with van der Waals surface area (Å²) >= 11 is 0. The molecule has 0 bridgehead atoms. The van der Waals surface area contributed by atoms with E-state index in [0.717, 1.165) is 5.01 Å². The Morgan fingerprint density at radius 2 is 2.00 bits per heavy atom. The lowest BCUT2D eigenvalue weighted by atomic mass is 10.1. The fourth-order valence-corrected chi connectivity index (χ4v) is 0.674. The van der Waals surface area contributed by atoms with Gasteiger partial charge in [0, 0.05) is 0 Å². The van der Waals surface area contributed by atoms with E-state index in [-0.39, 0.29) is 5.91 Å². The molecule has 1 fully saturated rings. The topological polar surface area (TPSA) is 75.4 Å². The Bertz CT molecular complexity index is 199. The van der Waals surface area contributed by atoms with Crippen molar-refractivity contribution in [3.8, 4) is 0 Å². The third-order valence-electron chi connectivity index (χ3n) is 1.60. The number of hydrazine groups is 1. The first kappa shape index (κ1) is 7.01. The van der Waals surface area contributed by atoms with Crippen molar-refractivity contribution in [1.82, 2.24) is 10.3 Å². The summed E-state index contributed by atoms with van der Waals surface area (Å²) in [6.07, 6.45) is 0. The van der Waals surface area contributed by atoms with Gasteiger partial charge in [0.15, 0.2) is 0 Å². The molecule has 1 aliphatic heterocycles. The molecule has 1 aliphatic rings. The quantitative estimate of drug-likeness (QED) is 0.264. The zero-order chi connectivity index (χ0) is 7.94. The number of nitrogens with zero attached hydrogens (tertiary/aromatic N) is 1. The van der Waals surface area contributed by atoms with Crippen molar-refractivity contribution in [2.24, 2.45) is 5.84 Å². The van der Waals surface area contributed by atoms with Gasteiger partial charge in [-0.15, -0.1) is 0 Å². The van der Waals surface area contributed by atoms with Crippen LogP contribution in [0.1, 0.15) is 13.8 Å². The van der Waals surface area contributed by atoms with Crippen LogP contribution < -0.4 is 11.2 Å². The van der Waals surface area contributed by atoms with Crippen molar-refractivity contribution < 1.29 is 9.59 Å². The monoisotopic (exact) mass is 143 g/mol. The Hall–Kier alpha value is -1.10. The maximum absolute atomic E-state index is 10.9. The van der Waals surface area contributed by atoms with Crippen LogP contribution in [0.25, 0.3) is 0 Å². The van der Waals surface area contributed by atoms with Crippen LogP contribution in [0.4, 0.5) is 4.79 Å². The summed E-state index contributed by atoms with van der Waals surface area (Å²) in [4.78, 5) is 21.5. The van der Waals surface area contributed by atoms with E-state index >= 15 is 0 Å². The van der Waals surface area contributed by atoms with Gasteiger partial charge in [0.25, 0.3) is 5.91 Å². The second-order valence-corrected chi connectivity index (χ2v) is 2.69. The van der Waals surface area contributed by atoms with Crippen LogP contribution in [0.2, 0.25) is 0 Å². The fraction of sp³-hybridized carbons (Fsp3) is 0.600. The summed E-state index contributed by atoms with van der Waals surface area (Å²) in [5.41, 5.74) is -0.906. The molecule has 10 heavy (non-hydrogen) atoms. The minimum atomic E-state index is -0.906. The van der Waals surface area contributed by atoms with E-state index in [1.807, 2.05) is 0 Å². The number of nitrogens with one attached hydrogen (secondary N) is 1. The average molecular weight is 143 g/mol. The summed E-state index contributed by atoms with van der Waals surface area (Å²) < 4.78 is 0. The average Bonchev–Trinajstić information content (AvgIpc) is 1.97. The molecule has 0 aliphatic carbocycles. The van der Waals surface area contributed by atoms with Crippen molar-refractivity contribution >= 4 is 11.9 Å². The summed E-state index contributed by atoms with van der Waals surface area (Å²) in [5.74, 6) is 4.89. The first-order valence-corrected chi connectivity index (χ1v) is 2.86. The standard InChI is InChI=1S/C5H9N3O2/c1-5(2)3(9)7-4(10)8(5)6/h6H2,1-2H3,(H,7,9,10). The number of urea groups is 1. The van der Waals surface area contributed by atoms with Gasteiger partial charge in [-0.05, 0) is 13.8 Å². The first-order chi connectivity index (χ1) is 4.46. The molecule has 5 nitrogen and oxygen atoms in total. The molecule has 1 heterocycles. The van der Waals surface area contributed by atoms with Crippen LogP contribution >= 0.6 is 0 Å². The number of amides is 3. The molecule has 1 rings (SSSR count). The number of nitrogens with two attached hydrogens (primary N) is 1. The minimum Gasteiger partial charge on any atom is -0.275 e. The molecule has 3 N–H and O–H groups in total. The Kier molecular flexibility index (Phi) is 1.19. The lowest BCUT2D eigenvalue weighted by Crippen LogP contribution is -2.48. The number of carbonyl (C=O) groups excluding carboxylic acids is 2. The van der Waals surface area contributed by atoms with Gasteiger partial charge in [0.1, 0.15) is 5.54 Å². The van der Waals surface area contributed by atoms with Crippen molar-refractivity contribution in [2.45, 2.75) is 19.4 Å². The molecule has 0 spiro atoms. The van der Waals surface area contributed by atoms with E-state index in [2.05, 4.69) is 5.32 Å². The van der Waals surface area contributed by atoms with Gasteiger partial charge >= 0.3 is 6.03 Å². The van der Waals surface area contributed by atoms with Crippen molar-refractivity contribution in [3.63, 3.8) is 0 Å². The van der Waals surface area contributed by atoms with E-state index in [9.17, 15) is 9.59 Å². The van der Waals surface area contributed by atoms with Gasteiger partial charge in [-0.2, -0.15) is 0 Å². The van der Waals surface area contributed by atoms with Crippen LogP contribution in [-0.4, -0.2) is 22.5 Å². The second-order valence-electron chi connectivity index (χ2n) is 2.69. The van der Waals surface area contributed by atoms with E-state index in [1.165, 1.54) is 0 Å². The maximum atomic E-state index is 10.9. The van der Waals surface area contributed by atoms with Gasteiger partial charge in [0.05, 0.1) is 0 Å². The highest BCUT2D eigenvalue weighted by Gasteiger charge is 2.43. The zero-order valence-corrected chi connectivity index (χ0v) is 5.84. The molecular formula is C5H9N3O2. The summed E-state index contributed by atoms with van der Waals surface area (Å²) in [7, 11) is 0. The van der Waals surface area contributed by atoms with E-state index in [0.29, 0.717) is 0 Å². The highest BCUT2D eigenvalue weighted by Crippen LogP contribution is 2.15. The summed E-state index contributed by atoms with van der Waals surface area (Å²) in [6, 6.07) is -0.546. The highest BCUT2D eigenvalue weighted by molar-refractivity contribution is 6.06. The summed E-state index contributed by atoms with van der Waals surface area (Å²) in [6.45, 7) is 3.15. The third-order valence-corrected chi connectivity index (χ3v) is 1.60. The highest BCUT2D eigenvalue weighted by atomic mass is 16.2. The van der Waals surface area contributed by atoms with Crippen LogP contribution in [0.5, 0.6) is 0 Å². The first-order valence-electron chi connectivity index (χ1n) is 2.86. The molecule has 0 aromatic carbocycles. The lowest BCUT2D eigenvalue weighted by molar-refractivity contribution is -0.125. The molecular weight excluding hydrogens is 134 g/mol. The predicted molar refractivity (Wildman–Crippen MR) is 33.6 cm³/mol. The van der Waals surface area contributed by atoms with Gasteiger partial charge in [-0.25, -0.2) is 15.6 Å². The van der Waals surface area contributed by atoms with Gasteiger partial charge < -0.3 is 0 Å². The molecule has 5 heteroatoms. The van der Waals surface area contributed by atoms with Crippen molar-refractivity contribution in [3.05, 3.63) is 0 Å². The van der Waals surface area contributed by atoms with E-state index in [4.69, 9.17) is 5.84 Å². The van der Waals surface area contributed by atoms with Crippen LogP contribution in [0.15, 0.2) is 0 Å². The zero-order valence-electron chi connectivity index (χ0n) is 5.84. The molecule has 1 saturated heterocycles. The van der Waals surface area contributed by atoms with Crippen LogP contribution in [0, 0.1) is 0 Å². The van der Waals surface area contributed by atoms with E-state index < -0.39 is 11.6 Å². The SMILES string of the molecule is CC1(C)C(=O)NC(=O)N1N. The molecule has 0 radical (unpaired) electrons. The smallest absolute Gasteiger partial charge is 0.275 e. The normalized spacial score (nSPS) is 23.3. The minimum absolute atomic E-state index is 0.361. The van der Waals surface area contributed by atoms with Gasteiger partial charge in [-0.3, -0.25) is 10.1 Å². The van der Waals surface area contributed by atoms with Gasteiger partial charge in [0.2, 0.25) is 0 Å². The fourth-order valence-electron chi connectivity index (χ4n) is 0.674. The summed E-state index contributed by atoms with van der Waals surface area (Å²) in [5, 5.41) is 2.96. The molecule has 0 unspecified atom stereocenters. The molecule has 3 amide bonds. The molecule has 0 aromatic heterocycles. The number of imide groups is 1. The van der Waals surface area contributed by atoms with E-state index in [1.54, 1.807) is 13.8 Å². The molecule has 56 valence electrons. The van der Waals surface area contributed by atoms with Gasteiger partial charge in [-0.1, -0.05) is 0 Å². The number of rotatable bonds is 0. The third kappa shape index (κ3) is 0.672. The largest absolute Gasteiger partial charge is 0.339 e. The lowest BCUT2D eigenvalue weighted by Gasteiger charge is -2.21. The van der Waals surface area contributed by atoms with Crippen molar-refractivity contribution in [2.75, 3.05) is 0 Å². The van der Waals surface area contributed by atoms with Crippen molar-refractivity contribution in [1.29, 1.82) is 0 Å². The Balaban J connectivity index is 2.96. The number of hydrogen-bond donors (Lipinski definition) is 2. The second kappa shape index (κ2) is 1.69. The van der Waals surface area contributed by atoms with Crippen LogP contribution in [-0.2, 0) is 4.79 Å². The number of carbonyl (C=O) groups is 2. The molecule has 0 saturated carbocycles. The Labute approximate surface area is 58.1 Å². The maximum Gasteiger partial charge on any atom is 0.339 e. The molecule has 0 atom stereocenters. The Morgan fingerprint density at radius 1 is 1.50 bits per heavy atom. The van der Waals surface area contributed by atoms with Crippen LogP contribution in [0.3, 0.4) is 0 Å². The predicted octanol–water partition coefficient (Wildman–Crippen LogP) is -0.810. The Morgan fingerprint density at radius 3 is 2.10 bits per heavy atom.